The summed E-state index contributed by atoms with van der Waals surface area (Å²) in [6.07, 6.45) is -4.83. The molecule has 0 saturated carbocycles. The van der Waals surface area contributed by atoms with Gasteiger partial charge in [0.15, 0.2) is 5.82 Å². The lowest BCUT2D eigenvalue weighted by molar-refractivity contribution is -0.310. The summed E-state index contributed by atoms with van der Waals surface area (Å²) >= 11 is 0. The second-order valence-electron chi connectivity index (χ2n) is 4.68. The maximum absolute atomic E-state index is 14.0. The van der Waals surface area contributed by atoms with Crippen LogP contribution in [0.25, 0.3) is 0 Å². The Morgan fingerprint density at radius 1 is 1.43 bits per heavy atom. The van der Waals surface area contributed by atoms with Crippen LogP contribution in [0.15, 0.2) is 18.2 Å². The Bertz CT molecular complexity index is 533. The monoisotopic (exact) mass is 306 g/mol. The molecule has 0 aliphatic carbocycles. The molecular weight excluding hydrogens is 294 g/mol. The number of nitrogens with zero attached hydrogens (tertiary/aromatic N) is 1. The van der Waals surface area contributed by atoms with Gasteiger partial charge in [0, 0.05) is 13.1 Å². The highest BCUT2D eigenvalue weighted by Gasteiger charge is 2.36. The Labute approximate surface area is 117 Å². The third-order valence-electron chi connectivity index (χ3n) is 3.21. The summed E-state index contributed by atoms with van der Waals surface area (Å²) < 4.78 is 56.9. The molecule has 0 bridgehead atoms. The van der Waals surface area contributed by atoms with Crippen LogP contribution in [0.3, 0.4) is 0 Å². The van der Waals surface area contributed by atoms with Crippen molar-refractivity contribution in [3.05, 3.63) is 29.6 Å². The predicted octanol–water partition coefficient (Wildman–Crippen LogP) is 1.19. The largest absolute Gasteiger partial charge is 0.548 e. The molecule has 0 N–H and O–H groups in total. The number of aliphatic carboxylic acids is 1. The van der Waals surface area contributed by atoms with Gasteiger partial charge < -0.3 is 19.5 Å². The van der Waals surface area contributed by atoms with E-state index < -0.39 is 36.2 Å². The molecule has 1 aromatic rings. The first-order chi connectivity index (χ1) is 9.79. The van der Waals surface area contributed by atoms with Gasteiger partial charge in [-0.2, -0.15) is 13.2 Å². The molecule has 0 radical (unpaired) electrons. The Balaban J connectivity index is 2.12. The van der Waals surface area contributed by atoms with Crippen molar-refractivity contribution in [1.29, 1.82) is 0 Å². The molecule has 1 fully saturated rings. The Morgan fingerprint density at radius 2 is 2.14 bits per heavy atom. The number of carboxylic acids is 1. The number of benzene rings is 1. The number of ether oxygens (including phenoxy) is 1. The summed E-state index contributed by atoms with van der Waals surface area (Å²) in [7, 11) is 0. The molecule has 1 aliphatic rings. The number of carbonyl (C=O) groups is 1. The second kappa shape index (κ2) is 5.88. The number of hydrogen-bond acceptors (Lipinski definition) is 4. The molecule has 1 unspecified atom stereocenters. The van der Waals surface area contributed by atoms with E-state index in [0.29, 0.717) is 12.5 Å². The van der Waals surface area contributed by atoms with Gasteiger partial charge in [-0.15, -0.1) is 0 Å². The van der Waals surface area contributed by atoms with Crippen LogP contribution in [0.5, 0.6) is 0 Å². The molecule has 1 heterocycles. The molecule has 1 saturated heterocycles. The van der Waals surface area contributed by atoms with Gasteiger partial charge >= 0.3 is 6.18 Å². The van der Waals surface area contributed by atoms with E-state index in [1.165, 1.54) is 11.0 Å². The summed E-state index contributed by atoms with van der Waals surface area (Å²) in [5.74, 6) is -2.70. The zero-order valence-corrected chi connectivity index (χ0v) is 10.8. The molecule has 8 heteroatoms. The summed E-state index contributed by atoms with van der Waals surface area (Å²) in [6.45, 7) is -0.176. The lowest BCUT2D eigenvalue weighted by Gasteiger charge is -2.21. The maximum atomic E-state index is 14.0. The van der Waals surface area contributed by atoms with Crippen LogP contribution >= 0.6 is 0 Å². The van der Waals surface area contributed by atoms with Crippen molar-refractivity contribution >= 4 is 11.7 Å². The number of hydrogen-bond donors (Lipinski definition) is 0. The predicted molar refractivity (Wildman–Crippen MR) is 63.0 cm³/mol. The van der Waals surface area contributed by atoms with Crippen molar-refractivity contribution in [2.75, 3.05) is 24.6 Å². The van der Waals surface area contributed by atoms with Crippen LogP contribution in [0.1, 0.15) is 12.0 Å². The van der Waals surface area contributed by atoms with Crippen molar-refractivity contribution in [3.8, 4) is 0 Å². The van der Waals surface area contributed by atoms with E-state index >= 15 is 0 Å². The van der Waals surface area contributed by atoms with Crippen LogP contribution < -0.4 is 10.0 Å². The van der Waals surface area contributed by atoms with E-state index in [1.54, 1.807) is 0 Å². The highest BCUT2D eigenvalue weighted by Crippen LogP contribution is 2.36. The van der Waals surface area contributed by atoms with Gasteiger partial charge in [0.2, 0.25) is 0 Å². The smallest absolute Gasteiger partial charge is 0.419 e. The molecule has 21 heavy (non-hydrogen) atoms. The zero-order chi connectivity index (χ0) is 15.6. The minimum atomic E-state index is -4.76. The first-order valence-corrected chi connectivity index (χ1v) is 6.21. The van der Waals surface area contributed by atoms with Gasteiger partial charge in [0.05, 0.1) is 29.9 Å². The van der Waals surface area contributed by atoms with Gasteiger partial charge in [-0.1, -0.05) is 6.07 Å². The molecule has 116 valence electrons. The number of alkyl halides is 3. The fourth-order valence-corrected chi connectivity index (χ4v) is 2.25. The number of halogens is 4. The van der Waals surface area contributed by atoms with Gasteiger partial charge in [0.25, 0.3) is 0 Å². The molecule has 0 aromatic heterocycles. The molecule has 4 nitrogen and oxygen atoms in total. The highest BCUT2D eigenvalue weighted by molar-refractivity contribution is 5.65. The number of carbonyl (C=O) groups excluding carboxylic acids is 1. The fourth-order valence-electron chi connectivity index (χ4n) is 2.25. The Hall–Kier alpha value is -1.83. The van der Waals surface area contributed by atoms with Gasteiger partial charge in [-0.05, 0) is 18.6 Å². The van der Waals surface area contributed by atoms with Gasteiger partial charge in [-0.25, -0.2) is 4.39 Å². The van der Waals surface area contributed by atoms with E-state index in [1.807, 2.05) is 0 Å². The van der Waals surface area contributed by atoms with Crippen LogP contribution in [-0.2, 0) is 15.7 Å². The van der Waals surface area contributed by atoms with Crippen molar-refractivity contribution in [2.24, 2.45) is 0 Å². The van der Waals surface area contributed by atoms with E-state index in [0.717, 1.165) is 6.07 Å². The normalized spacial score (nSPS) is 19.0. The lowest BCUT2D eigenvalue weighted by atomic mass is 10.1. The van der Waals surface area contributed by atoms with E-state index in [-0.39, 0.29) is 18.8 Å². The van der Waals surface area contributed by atoms with E-state index in [2.05, 4.69) is 0 Å². The minimum Gasteiger partial charge on any atom is -0.548 e. The average Bonchev–Trinajstić information content (AvgIpc) is 2.83. The fraction of sp³-hybridized carbons (Fsp3) is 0.462. The molecule has 1 atom stereocenters. The SMILES string of the molecule is O=C([O-])COC1CCN(c2cccc(C(F)(F)F)c2F)C1. The summed E-state index contributed by atoms with van der Waals surface area (Å²) in [5.41, 5.74) is -1.48. The molecule has 0 spiro atoms. The van der Waals surface area contributed by atoms with E-state index in [9.17, 15) is 27.5 Å². The third kappa shape index (κ3) is 3.63. The summed E-state index contributed by atoms with van der Waals surface area (Å²) in [5, 5.41) is 10.3. The topological polar surface area (TPSA) is 52.6 Å². The second-order valence-corrected chi connectivity index (χ2v) is 4.68. The molecule has 2 rings (SSSR count). The standard InChI is InChI=1S/C13H13F4NO3/c14-12-9(13(15,16)17)2-1-3-10(12)18-5-4-8(6-18)21-7-11(19)20/h1-3,8H,4-7H2,(H,19,20)/p-1. The molecule has 1 aromatic carbocycles. The van der Waals surface area contributed by atoms with Gasteiger partial charge in [-0.3, -0.25) is 0 Å². The zero-order valence-electron chi connectivity index (χ0n) is 10.8. The van der Waals surface area contributed by atoms with Crippen LogP contribution in [0, 0.1) is 5.82 Å². The average molecular weight is 306 g/mol. The van der Waals surface area contributed by atoms with Crippen molar-refractivity contribution < 1.29 is 32.2 Å². The van der Waals surface area contributed by atoms with E-state index in [4.69, 9.17) is 4.74 Å². The van der Waals surface area contributed by atoms with Crippen LogP contribution in [0.4, 0.5) is 23.2 Å². The molecule has 0 amide bonds. The Morgan fingerprint density at radius 3 is 2.76 bits per heavy atom. The van der Waals surface area contributed by atoms with Crippen LogP contribution in [-0.4, -0.2) is 31.8 Å². The molecule has 1 aliphatic heterocycles. The summed E-state index contributed by atoms with van der Waals surface area (Å²) in [4.78, 5) is 11.7. The number of carboxylic acid groups (broad SMARTS) is 1. The number of rotatable bonds is 4. The highest BCUT2D eigenvalue weighted by atomic mass is 19.4. The third-order valence-corrected chi connectivity index (χ3v) is 3.21. The van der Waals surface area contributed by atoms with Crippen LogP contribution in [0.2, 0.25) is 0 Å². The van der Waals surface area contributed by atoms with Crippen molar-refractivity contribution in [1.82, 2.24) is 0 Å². The maximum Gasteiger partial charge on any atom is 0.419 e. The molecular formula is C13H12F4NO3-. The van der Waals surface area contributed by atoms with Crippen molar-refractivity contribution in [2.45, 2.75) is 18.7 Å². The first kappa shape index (κ1) is 15.6. The summed E-state index contributed by atoms with van der Waals surface area (Å²) in [6, 6.07) is 3.07. The minimum absolute atomic E-state index is 0.130. The van der Waals surface area contributed by atoms with Crippen molar-refractivity contribution in [3.63, 3.8) is 0 Å². The Kier molecular flexibility index (Phi) is 4.36. The first-order valence-electron chi connectivity index (χ1n) is 6.21. The number of anilines is 1. The van der Waals surface area contributed by atoms with Gasteiger partial charge in [0.1, 0.15) is 0 Å². The quantitative estimate of drug-likeness (QED) is 0.784. The lowest BCUT2D eigenvalue weighted by Crippen LogP contribution is -2.31.